The van der Waals surface area contributed by atoms with Crippen LogP contribution in [-0.2, 0) is 13.9 Å². The number of allylic oxidation sites excluding steroid dienone is 1. The lowest BCUT2D eigenvalue weighted by atomic mass is 9.78. The molecule has 6 nitrogen and oxygen atoms in total. The number of benzene rings is 1. The van der Waals surface area contributed by atoms with Crippen molar-refractivity contribution < 1.29 is 28.2 Å². The van der Waals surface area contributed by atoms with Crippen molar-refractivity contribution in [3.05, 3.63) is 47.6 Å². The van der Waals surface area contributed by atoms with Gasteiger partial charge in [0.25, 0.3) is 0 Å². The molecular formula is C29H46O6Si. The molecule has 0 N–H and O–H groups in total. The predicted molar refractivity (Wildman–Crippen MR) is 148 cm³/mol. The van der Waals surface area contributed by atoms with E-state index in [9.17, 15) is 4.79 Å². The van der Waals surface area contributed by atoms with Crippen molar-refractivity contribution in [3.63, 3.8) is 0 Å². The Bertz CT molecular complexity index is 929. The normalized spacial score (nSPS) is 20.9. The van der Waals surface area contributed by atoms with E-state index in [0.29, 0.717) is 41.8 Å². The second-order valence-electron chi connectivity index (χ2n) is 10.8. The van der Waals surface area contributed by atoms with E-state index in [1.54, 1.807) is 14.2 Å². The third-order valence-electron chi connectivity index (χ3n) is 7.85. The molecule has 0 unspecified atom stereocenters. The molecule has 0 fully saturated rings. The molecule has 0 aliphatic heterocycles. The van der Waals surface area contributed by atoms with Crippen molar-refractivity contribution >= 4 is 14.5 Å². The minimum Gasteiger partial charge on any atom is -0.497 e. The summed E-state index contributed by atoms with van der Waals surface area (Å²) in [6.45, 7) is 20.6. The molecule has 0 radical (unpaired) electrons. The van der Waals surface area contributed by atoms with E-state index >= 15 is 0 Å². The zero-order valence-electron chi connectivity index (χ0n) is 23.9. The number of methoxy groups -OCH3 is 3. The fourth-order valence-corrected chi connectivity index (χ4v) is 11.4. The van der Waals surface area contributed by atoms with E-state index < -0.39 is 20.1 Å². The molecule has 0 heterocycles. The second kappa shape index (κ2) is 12.3. The van der Waals surface area contributed by atoms with Crippen LogP contribution in [0.15, 0.2) is 42.0 Å². The number of hydrogen-bond donors (Lipinski definition) is 0. The van der Waals surface area contributed by atoms with Gasteiger partial charge < -0.3 is 23.4 Å². The first kappa shape index (κ1) is 30.0. The van der Waals surface area contributed by atoms with Crippen LogP contribution >= 0.6 is 0 Å². The lowest BCUT2D eigenvalue weighted by Gasteiger charge is -2.43. The summed E-state index contributed by atoms with van der Waals surface area (Å²) < 4.78 is 29.0. The van der Waals surface area contributed by atoms with Gasteiger partial charge in [-0.1, -0.05) is 54.2 Å². The Morgan fingerprint density at radius 3 is 2.17 bits per heavy atom. The second-order valence-corrected chi connectivity index (χ2v) is 16.2. The molecule has 1 aromatic rings. The maximum Gasteiger partial charge on any atom is 0.508 e. The highest BCUT2D eigenvalue weighted by atomic mass is 28.4. The molecule has 0 bridgehead atoms. The average molecular weight is 519 g/mol. The van der Waals surface area contributed by atoms with Crippen molar-refractivity contribution in [2.75, 3.05) is 27.9 Å². The highest BCUT2D eigenvalue weighted by molar-refractivity contribution is 6.77. The molecule has 2 atom stereocenters. The Morgan fingerprint density at radius 1 is 1.06 bits per heavy atom. The molecule has 0 saturated carbocycles. The van der Waals surface area contributed by atoms with E-state index in [4.69, 9.17) is 23.4 Å². The topological polar surface area (TPSA) is 63.2 Å². The van der Waals surface area contributed by atoms with Crippen LogP contribution in [0.1, 0.15) is 72.8 Å². The van der Waals surface area contributed by atoms with Crippen LogP contribution in [0.2, 0.25) is 16.6 Å². The van der Waals surface area contributed by atoms with Crippen molar-refractivity contribution in [2.24, 2.45) is 0 Å². The molecule has 1 aromatic carbocycles. The van der Waals surface area contributed by atoms with Gasteiger partial charge >= 0.3 is 6.16 Å². The Labute approximate surface area is 219 Å². The summed E-state index contributed by atoms with van der Waals surface area (Å²) in [6.07, 6.45) is 2.81. The fourth-order valence-electron chi connectivity index (χ4n) is 5.99. The van der Waals surface area contributed by atoms with Crippen LogP contribution in [0.5, 0.6) is 11.5 Å². The summed E-state index contributed by atoms with van der Waals surface area (Å²) in [5.41, 5.74) is 3.23. The quantitative estimate of drug-likeness (QED) is 0.179. The first-order valence-corrected chi connectivity index (χ1v) is 15.0. The zero-order chi connectivity index (χ0) is 27.3. The van der Waals surface area contributed by atoms with Crippen LogP contribution < -0.4 is 9.47 Å². The summed E-state index contributed by atoms with van der Waals surface area (Å²) in [4.78, 5) is 12.2. The van der Waals surface area contributed by atoms with Crippen LogP contribution in [0.3, 0.4) is 0 Å². The number of hydrogen-bond acceptors (Lipinski definition) is 6. The molecule has 202 valence electrons. The first-order chi connectivity index (χ1) is 16.9. The molecule has 0 saturated heterocycles. The smallest absolute Gasteiger partial charge is 0.497 e. The first-order valence-electron chi connectivity index (χ1n) is 12.9. The van der Waals surface area contributed by atoms with Crippen molar-refractivity contribution in [1.82, 2.24) is 0 Å². The van der Waals surface area contributed by atoms with Crippen LogP contribution in [0, 0.1) is 0 Å². The third-order valence-corrected chi connectivity index (χ3v) is 13.9. The number of ether oxygens (including phenoxy) is 4. The maximum atomic E-state index is 12.2. The molecule has 0 aromatic heterocycles. The summed E-state index contributed by atoms with van der Waals surface area (Å²) in [5.74, 6) is 1.15. The highest BCUT2D eigenvalue weighted by Crippen LogP contribution is 2.48. The Hall–Kier alpha value is -2.25. The lowest BCUT2D eigenvalue weighted by molar-refractivity contribution is -0.00216. The molecule has 2 rings (SSSR count). The third kappa shape index (κ3) is 6.00. The van der Waals surface area contributed by atoms with Gasteiger partial charge in [0.15, 0.2) is 0 Å². The summed E-state index contributed by atoms with van der Waals surface area (Å²) in [7, 11) is 2.50. The monoisotopic (exact) mass is 518 g/mol. The SMILES string of the molecule is C=C1[C@@H](c2cc(OC)ccc2OC)C(CO[Si](C(C)C)(C(C)C)C(C)C)=CCC[C@@]1(C)OC(=O)OC. The Kier molecular flexibility index (Phi) is 10.3. The van der Waals surface area contributed by atoms with Crippen LogP contribution in [0.25, 0.3) is 0 Å². The van der Waals surface area contributed by atoms with Gasteiger partial charge in [-0.15, -0.1) is 0 Å². The van der Waals surface area contributed by atoms with E-state index in [2.05, 4.69) is 54.2 Å². The van der Waals surface area contributed by atoms with Gasteiger partial charge in [-0.2, -0.15) is 0 Å². The number of rotatable bonds is 10. The van der Waals surface area contributed by atoms with Gasteiger partial charge in [-0.3, -0.25) is 0 Å². The molecule has 1 aliphatic carbocycles. The van der Waals surface area contributed by atoms with Crippen molar-refractivity contribution in [1.29, 1.82) is 0 Å². The summed E-state index contributed by atoms with van der Waals surface area (Å²) in [6, 6.07) is 5.75. The lowest BCUT2D eigenvalue weighted by Crippen LogP contribution is -2.48. The number of carbonyl (C=O) groups is 1. The fraction of sp³-hybridized carbons (Fsp3) is 0.621. The summed E-state index contributed by atoms with van der Waals surface area (Å²) >= 11 is 0. The molecule has 0 spiro atoms. The van der Waals surface area contributed by atoms with Crippen LogP contribution in [-0.4, -0.2) is 48.0 Å². The molecule has 7 heteroatoms. The minimum atomic E-state index is -2.12. The van der Waals surface area contributed by atoms with Gasteiger partial charge in [-0.25, -0.2) is 4.79 Å². The van der Waals surface area contributed by atoms with E-state index in [1.807, 2.05) is 25.1 Å². The van der Waals surface area contributed by atoms with Gasteiger partial charge in [0.1, 0.15) is 17.1 Å². The largest absolute Gasteiger partial charge is 0.508 e. The maximum absolute atomic E-state index is 12.2. The van der Waals surface area contributed by atoms with Gasteiger partial charge in [0.05, 0.1) is 27.9 Å². The van der Waals surface area contributed by atoms with Gasteiger partial charge in [0.2, 0.25) is 8.32 Å². The van der Waals surface area contributed by atoms with E-state index in [0.717, 1.165) is 22.5 Å². The van der Waals surface area contributed by atoms with E-state index in [-0.39, 0.29) is 5.92 Å². The molecule has 1 aliphatic rings. The Morgan fingerprint density at radius 2 is 1.67 bits per heavy atom. The minimum absolute atomic E-state index is 0.287. The predicted octanol–water partition coefficient (Wildman–Crippen LogP) is 7.80. The highest BCUT2D eigenvalue weighted by Gasteiger charge is 2.46. The summed E-state index contributed by atoms with van der Waals surface area (Å²) in [5, 5.41) is 0. The number of carbonyl (C=O) groups excluding carboxylic acids is 1. The van der Waals surface area contributed by atoms with Crippen molar-refractivity contribution in [3.8, 4) is 11.5 Å². The molecular weight excluding hydrogens is 472 g/mol. The van der Waals surface area contributed by atoms with Gasteiger partial charge in [-0.05, 0) is 65.7 Å². The zero-order valence-corrected chi connectivity index (χ0v) is 24.9. The van der Waals surface area contributed by atoms with E-state index in [1.165, 1.54) is 7.11 Å². The average Bonchev–Trinajstić information content (AvgIpc) is 2.94. The van der Waals surface area contributed by atoms with Crippen LogP contribution in [0.4, 0.5) is 4.79 Å². The standard InChI is InChI=1S/C29H46O6Si/c1-19(2)36(20(3)4,21(5)6)34-18-23-13-12-16-29(8,35-28(30)33-11)22(7)27(23)25-17-24(31-9)14-15-26(25)32-10/h13-15,17,19-21,27H,7,12,16,18H2,1-6,8-11H3/t27-,29-/m1/s1. The molecule has 36 heavy (non-hydrogen) atoms. The van der Waals surface area contributed by atoms with Gasteiger partial charge in [0, 0.05) is 11.5 Å². The van der Waals surface area contributed by atoms with Crippen molar-refractivity contribution in [2.45, 2.75) is 89.5 Å². The molecule has 0 amide bonds. The Balaban J connectivity index is 2.64.